The van der Waals surface area contributed by atoms with E-state index in [1.165, 1.54) is 25.3 Å². The summed E-state index contributed by atoms with van der Waals surface area (Å²) in [5.74, 6) is -2.11. The van der Waals surface area contributed by atoms with Crippen LogP contribution in [0.25, 0.3) is 22.3 Å². The van der Waals surface area contributed by atoms with Crippen molar-refractivity contribution in [3.8, 4) is 34.3 Å². The minimum atomic E-state index is -0.787. The number of aromatic hydroxyl groups is 3. The molecule has 0 amide bonds. The molecular formula is C28H25NO7. The van der Waals surface area contributed by atoms with Crippen LogP contribution in [0.15, 0.2) is 69.9 Å². The van der Waals surface area contributed by atoms with E-state index in [0.717, 1.165) is 31.3 Å². The van der Waals surface area contributed by atoms with Gasteiger partial charge >= 0.3 is 5.97 Å². The number of likely N-dealkylation sites (tertiary alicyclic amines) is 1. The molecule has 3 aromatic carbocycles. The van der Waals surface area contributed by atoms with Gasteiger partial charge in [0.2, 0.25) is 5.75 Å². The third-order valence-electron chi connectivity index (χ3n) is 6.34. The van der Waals surface area contributed by atoms with Gasteiger partial charge in [0.05, 0.1) is 5.56 Å². The van der Waals surface area contributed by atoms with Crippen molar-refractivity contribution in [2.45, 2.75) is 25.8 Å². The van der Waals surface area contributed by atoms with Gasteiger partial charge in [-0.05, 0) is 67.9 Å². The van der Waals surface area contributed by atoms with Gasteiger partial charge in [0.15, 0.2) is 16.9 Å². The van der Waals surface area contributed by atoms with Crippen molar-refractivity contribution < 1.29 is 29.3 Å². The highest BCUT2D eigenvalue weighted by Crippen LogP contribution is 2.40. The van der Waals surface area contributed by atoms with Gasteiger partial charge in [-0.15, -0.1) is 0 Å². The molecule has 0 spiro atoms. The fourth-order valence-electron chi connectivity index (χ4n) is 4.40. The summed E-state index contributed by atoms with van der Waals surface area (Å²) in [4.78, 5) is 27.5. The summed E-state index contributed by atoms with van der Waals surface area (Å²) in [6.07, 6.45) is 3.75. The van der Waals surface area contributed by atoms with Crippen molar-refractivity contribution in [3.05, 3.63) is 82.0 Å². The van der Waals surface area contributed by atoms with Crippen LogP contribution in [-0.4, -0.2) is 39.3 Å². The van der Waals surface area contributed by atoms with Crippen molar-refractivity contribution in [3.63, 3.8) is 0 Å². The summed E-state index contributed by atoms with van der Waals surface area (Å²) in [7, 11) is 0. The van der Waals surface area contributed by atoms with Gasteiger partial charge in [0.25, 0.3) is 0 Å². The predicted octanol–water partition coefficient (Wildman–Crippen LogP) is 4.78. The number of nitrogens with zero attached hydrogens (tertiary/aromatic N) is 1. The second kappa shape index (κ2) is 9.75. The molecular weight excluding hydrogens is 462 g/mol. The van der Waals surface area contributed by atoms with Gasteiger partial charge in [-0.1, -0.05) is 18.6 Å². The molecule has 3 N–H and O–H groups in total. The lowest BCUT2D eigenvalue weighted by atomic mass is 10.1. The number of benzene rings is 3. The first-order valence-electron chi connectivity index (χ1n) is 11.7. The number of piperidine rings is 1. The van der Waals surface area contributed by atoms with E-state index in [0.29, 0.717) is 16.9 Å². The van der Waals surface area contributed by atoms with E-state index in [1.54, 1.807) is 36.4 Å². The van der Waals surface area contributed by atoms with Crippen LogP contribution in [0.2, 0.25) is 0 Å². The largest absolute Gasteiger partial charge is 0.504 e. The maximum Gasteiger partial charge on any atom is 0.343 e. The minimum absolute atomic E-state index is 0.0791. The number of rotatable bonds is 5. The van der Waals surface area contributed by atoms with Crippen LogP contribution in [0.1, 0.15) is 35.2 Å². The van der Waals surface area contributed by atoms with E-state index in [2.05, 4.69) is 4.90 Å². The zero-order valence-electron chi connectivity index (χ0n) is 19.4. The number of hydrogen-bond acceptors (Lipinski definition) is 8. The Morgan fingerprint density at radius 2 is 1.58 bits per heavy atom. The molecule has 0 aliphatic carbocycles. The maximum absolute atomic E-state index is 12.6. The van der Waals surface area contributed by atoms with Crippen molar-refractivity contribution in [2.24, 2.45) is 0 Å². The molecule has 4 aromatic rings. The Morgan fingerprint density at radius 3 is 2.28 bits per heavy atom. The molecule has 1 fully saturated rings. The number of phenols is 3. The molecule has 0 unspecified atom stereocenters. The molecule has 1 saturated heterocycles. The summed E-state index contributed by atoms with van der Waals surface area (Å²) in [5.41, 5.74) is 1.46. The van der Waals surface area contributed by atoms with Crippen molar-refractivity contribution >= 4 is 16.9 Å². The minimum Gasteiger partial charge on any atom is -0.504 e. The Kier molecular flexibility index (Phi) is 6.35. The van der Waals surface area contributed by atoms with Gasteiger partial charge in [-0.25, -0.2) is 4.79 Å². The van der Waals surface area contributed by atoms with Gasteiger partial charge in [-0.2, -0.15) is 0 Å². The van der Waals surface area contributed by atoms with Crippen LogP contribution in [0.5, 0.6) is 23.0 Å². The lowest BCUT2D eigenvalue weighted by molar-refractivity contribution is 0.0734. The number of ether oxygens (including phenoxy) is 1. The SMILES string of the molecule is O=C(Oc1ccc(-c2cc(=O)c3c(O)c(O)c(O)cc3o2)cc1)c1ccc(CN2CCCCC2)cc1. The average molecular weight is 488 g/mol. The highest BCUT2D eigenvalue weighted by Gasteiger charge is 2.18. The molecule has 8 nitrogen and oxygen atoms in total. The normalized spacial score (nSPS) is 14.1. The molecule has 36 heavy (non-hydrogen) atoms. The van der Waals surface area contributed by atoms with Crippen LogP contribution in [0.3, 0.4) is 0 Å². The lowest BCUT2D eigenvalue weighted by Crippen LogP contribution is -2.29. The topological polar surface area (TPSA) is 120 Å². The van der Waals surface area contributed by atoms with Crippen LogP contribution < -0.4 is 10.2 Å². The third kappa shape index (κ3) is 4.76. The van der Waals surface area contributed by atoms with Crippen molar-refractivity contribution in [1.29, 1.82) is 0 Å². The highest BCUT2D eigenvalue weighted by molar-refractivity contribution is 5.91. The van der Waals surface area contributed by atoms with E-state index in [-0.39, 0.29) is 16.7 Å². The molecule has 1 aromatic heterocycles. The number of carbonyl (C=O) groups excluding carboxylic acids is 1. The first kappa shape index (κ1) is 23.4. The summed E-state index contributed by atoms with van der Waals surface area (Å²) < 4.78 is 11.1. The number of hydrogen-bond donors (Lipinski definition) is 3. The first-order valence-corrected chi connectivity index (χ1v) is 11.7. The fourth-order valence-corrected chi connectivity index (χ4v) is 4.40. The summed E-state index contributed by atoms with van der Waals surface area (Å²) >= 11 is 0. The molecule has 1 aliphatic heterocycles. The van der Waals surface area contributed by atoms with Crippen LogP contribution in [0, 0.1) is 0 Å². The van der Waals surface area contributed by atoms with E-state index in [4.69, 9.17) is 9.15 Å². The molecule has 2 heterocycles. The van der Waals surface area contributed by atoms with Crippen LogP contribution in [0.4, 0.5) is 0 Å². The summed E-state index contributed by atoms with van der Waals surface area (Å²) in [6, 6.07) is 16.1. The molecule has 184 valence electrons. The first-order chi connectivity index (χ1) is 17.4. The van der Waals surface area contributed by atoms with E-state index < -0.39 is 28.6 Å². The zero-order valence-corrected chi connectivity index (χ0v) is 19.4. The van der Waals surface area contributed by atoms with Crippen molar-refractivity contribution in [2.75, 3.05) is 13.1 Å². The van der Waals surface area contributed by atoms with Gasteiger partial charge in [0, 0.05) is 24.2 Å². The Hall–Kier alpha value is -4.30. The number of esters is 1. The Labute approximate surface area is 206 Å². The highest BCUT2D eigenvalue weighted by atomic mass is 16.5. The third-order valence-corrected chi connectivity index (χ3v) is 6.34. The van der Waals surface area contributed by atoms with Crippen LogP contribution in [-0.2, 0) is 6.54 Å². The molecule has 0 saturated carbocycles. The van der Waals surface area contributed by atoms with Crippen molar-refractivity contribution in [1.82, 2.24) is 4.90 Å². The van der Waals surface area contributed by atoms with E-state index in [1.807, 2.05) is 12.1 Å². The molecule has 0 bridgehead atoms. The Balaban J connectivity index is 1.29. The predicted molar refractivity (Wildman–Crippen MR) is 133 cm³/mol. The van der Waals surface area contributed by atoms with Gasteiger partial charge in [-0.3, -0.25) is 9.69 Å². The quantitative estimate of drug-likeness (QED) is 0.209. The summed E-state index contributed by atoms with van der Waals surface area (Å²) in [6.45, 7) is 3.09. The average Bonchev–Trinajstić information content (AvgIpc) is 2.88. The number of fused-ring (bicyclic) bond motifs is 1. The standard InChI is InChI=1S/C28H25NO7/c30-21-14-23(36-24-15-22(31)26(32)27(33)25(21)24)18-8-10-20(11-9-18)35-28(34)19-6-4-17(5-7-19)16-29-12-2-1-3-13-29/h4-11,14-15,31-33H,1-3,12-13,16H2. The monoisotopic (exact) mass is 487 g/mol. The zero-order chi connectivity index (χ0) is 25.2. The Morgan fingerprint density at radius 1 is 0.889 bits per heavy atom. The smallest absolute Gasteiger partial charge is 0.343 e. The molecule has 5 rings (SSSR count). The number of phenolic OH excluding ortho intramolecular Hbond substituents is 3. The Bertz CT molecular complexity index is 1470. The molecule has 8 heteroatoms. The second-order valence-corrected chi connectivity index (χ2v) is 8.89. The summed E-state index contributed by atoms with van der Waals surface area (Å²) in [5, 5.41) is 29.1. The fraction of sp³-hybridized carbons (Fsp3) is 0.214. The number of carbonyl (C=O) groups is 1. The maximum atomic E-state index is 12.6. The lowest BCUT2D eigenvalue weighted by Gasteiger charge is -2.26. The van der Waals surface area contributed by atoms with E-state index >= 15 is 0 Å². The second-order valence-electron chi connectivity index (χ2n) is 8.89. The van der Waals surface area contributed by atoms with Crippen LogP contribution >= 0.6 is 0 Å². The van der Waals surface area contributed by atoms with Gasteiger partial charge in [0.1, 0.15) is 22.5 Å². The van der Waals surface area contributed by atoms with E-state index in [9.17, 15) is 24.9 Å². The molecule has 1 aliphatic rings. The molecule has 0 radical (unpaired) electrons. The van der Waals surface area contributed by atoms with Gasteiger partial charge < -0.3 is 24.5 Å². The molecule has 0 atom stereocenters.